The first-order valence-corrected chi connectivity index (χ1v) is 10.9. The fraction of sp³-hybridized carbons (Fsp3) is 0.667. The minimum Gasteiger partial charge on any atom is -0.464 e. The smallest absolute Gasteiger partial charge is 0.359 e. The number of rotatable bonds is 4. The Hall–Kier alpha value is -2.75. The van der Waals surface area contributed by atoms with Gasteiger partial charge in [0, 0.05) is 32.1 Å². The van der Waals surface area contributed by atoms with Crippen molar-refractivity contribution in [2.45, 2.75) is 46.2 Å². The van der Waals surface area contributed by atoms with Gasteiger partial charge in [-0.15, -0.1) is 0 Å². The maximum atomic E-state index is 12.9. The number of likely N-dealkylation sites (tertiary alicyclic amines) is 2. The van der Waals surface area contributed by atoms with Crippen molar-refractivity contribution in [1.29, 1.82) is 0 Å². The molecule has 168 valence electrons. The number of fused-ring (bicyclic) bond motifs is 1. The van der Waals surface area contributed by atoms with Crippen molar-refractivity contribution in [2.24, 2.45) is 11.8 Å². The number of carbonyl (C=O) groups excluding carboxylic acids is 2. The number of aromatic nitrogens is 3. The van der Waals surface area contributed by atoms with Crippen molar-refractivity contribution in [3.8, 4) is 0 Å². The molecule has 2 saturated heterocycles. The molecule has 0 aliphatic carbocycles. The number of ether oxygens (including phenoxy) is 1. The Balaban J connectivity index is 1.46. The van der Waals surface area contributed by atoms with Crippen LogP contribution in [0.2, 0.25) is 0 Å². The third-order valence-corrected chi connectivity index (χ3v) is 6.38. The van der Waals surface area contributed by atoms with E-state index in [2.05, 4.69) is 22.1 Å². The molecule has 2 aromatic rings. The van der Waals surface area contributed by atoms with Crippen LogP contribution in [0.15, 0.2) is 9.32 Å². The van der Waals surface area contributed by atoms with Gasteiger partial charge in [0.2, 0.25) is 5.91 Å². The first-order chi connectivity index (χ1) is 14.9. The maximum absolute atomic E-state index is 12.9. The molecule has 2 fully saturated rings. The number of aryl methyl sites for hydroxylation is 1. The number of piperidine rings is 2. The minimum absolute atomic E-state index is 0.0140. The van der Waals surface area contributed by atoms with Crippen LogP contribution in [0.3, 0.4) is 0 Å². The zero-order chi connectivity index (χ0) is 22.1. The summed E-state index contributed by atoms with van der Waals surface area (Å²) >= 11 is 0. The second-order valence-corrected chi connectivity index (χ2v) is 8.67. The predicted molar refractivity (Wildman–Crippen MR) is 111 cm³/mol. The highest BCUT2D eigenvalue weighted by Gasteiger charge is 2.31. The van der Waals surface area contributed by atoms with Crippen molar-refractivity contribution >= 4 is 22.8 Å². The Bertz CT molecular complexity index is 1040. The molecule has 2 aromatic heterocycles. The van der Waals surface area contributed by atoms with Gasteiger partial charge >= 0.3 is 5.97 Å². The molecule has 10 nitrogen and oxygen atoms in total. The van der Waals surface area contributed by atoms with E-state index in [1.54, 1.807) is 6.92 Å². The van der Waals surface area contributed by atoms with Gasteiger partial charge in [0.15, 0.2) is 11.2 Å². The van der Waals surface area contributed by atoms with E-state index < -0.39 is 11.5 Å². The maximum Gasteiger partial charge on any atom is 0.359 e. The molecule has 0 aromatic carbocycles. The molecule has 31 heavy (non-hydrogen) atoms. The summed E-state index contributed by atoms with van der Waals surface area (Å²) in [6.45, 7) is 7.10. The molecule has 4 rings (SSSR count). The summed E-state index contributed by atoms with van der Waals surface area (Å²) in [4.78, 5) is 42.0. The Kier molecular flexibility index (Phi) is 6.08. The number of nitrogens with zero attached hydrogens (tertiary/aromatic N) is 5. The number of amides is 1. The summed E-state index contributed by atoms with van der Waals surface area (Å²) in [6.07, 6.45) is 3.75. The van der Waals surface area contributed by atoms with E-state index in [-0.39, 0.29) is 35.1 Å². The van der Waals surface area contributed by atoms with E-state index >= 15 is 0 Å². The SMILES string of the molecule is COC(=O)c1nn(CN2CCC(C(=O)N3CCCC(C)C3)CC2)c(=O)c2noc(C)c12. The van der Waals surface area contributed by atoms with Gasteiger partial charge in [-0.3, -0.25) is 14.5 Å². The molecule has 0 saturated carbocycles. The lowest BCUT2D eigenvalue weighted by Crippen LogP contribution is -2.46. The van der Waals surface area contributed by atoms with Crippen LogP contribution in [0.1, 0.15) is 48.9 Å². The fourth-order valence-corrected chi connectivity index (χ4v) is 4.63. The molecule has 1 amide bonds. The summed E-state index contributed by atoms with van der Waals surface area (Å²) in [5.74, 6) is 0.546. The van der Waals surface area contributed by atoms with E-state index in [0.29, 0.717) is 24.8 Å². The number of esters is 1. The molecule has 0 N–H and O–H groups in total. The Morgan fingerprint density at radius 1 is 1.19 bits per heavy atom. The van der Waals surface area contributed by atoms with Crippen LogP contribution in [0.5, 0.6) is 0 Å². The standard InChI is InChI=1S/C21H29N5O5/c1-13-5-4-8-25(11-13)19(27)15-6-9-24(10-7-15)12-26-20(28)17-16(14(2)31-23-17)18(22-26)21(29)30-3/h13,15H,4-12H2,1-3H3. The van der Waals surface area contributed by atoms with E-state index in [0.717, 1.165) is 32.4 Å². The van der Waals surface area contributed by atoms with Crippen LogP contribution in [0.25, 0.3) is 10.9 Å². The topological polar surface area (TPSA) is 111 Å². The second-order valence-electron chi connectivity index (χ2n) is 8.67. The molecule has 4 heterocycles. The third-order valence-electron chi connectivity index (χ3n) is 6.38. The average molecular weight is 431 g/mol. The highest BCUT2D eigenvalue weighted by atomic mass is 16.5. The van der Waals surface area contributed by atoms with Gasteiger partial charge in [-0.05, 0) is 38.5 Å². The van der Waals surface area contributed by atoms with Crippen LogP contribution in [0.4, 0.5) is 0 Å². The lowest BCUT2D eigenvalue weighted by Gasteiger charge is -2.37. The van der Waals surface area contributed by atoms with E-state index in [1.165, 1.54) is 18.2 Å². The minimum atomic E-state index is -0.648. The number of methoxy groups -OCH3 is 1. The zero-order valence-corrected chi connectivity index (χ0v) is 18.3. The molecule has 0 bridgehead atoms. The number of carbonyl (C=O) groups is 2. The predicted octanol–water partition coefficient (Wildman–Crippen LogP) is 1.41. The normalized spacial score (nSPS) is 20.9. The van der Waals surface area contributed by atoms with Crippen LogP contribution in [-0.2, 0) is 16.2 Å². The Morgan fingerprint density at radius 3 is 2.61 bits per heavy atom. The zero-order valence-electron chi connectivity index (χ0n) is 18.3. The van der Waals surface area contributed by atoms with Gasteiger partial charge in [0.05, 0.1) is 19.2 Å². The van der Waals surface area contributed by atoms with Crippen LogP contribution in [0, 0.1) is 18.8 Å². The fourth-order valence-electron chi connectivity index (χ4n) is 4.63. The first kappa shape index (κ1) is 21.5. The van der Waals surface area contributed by atoms with Gasteiger partial charge in [-0.2, -0.15) is 5.10 Å². The molecule has 1 unspecified atom stereocenters. The lowest BCUT2D eigenvalue weighted by molar-refractivity contribution is -0.139. The highest BCUT2D eigenvalue weighted by Crippen LogP contribution is 2.24. The van der Waals surface area contributed by atoms with Crippen molar-refractivity contribution < 1.29 is 18.8 Å². The summed E-state index contributed by atoms with van der Waals surface area (Å²) in [6, 6.07) is 0. The van der Waals surface area contributed by atoms with Crippen LogP contribution in [-0.4, -0.2) is 69.9 Å². The van der Waals surface area contributed by atoms with E-state index in [9.17, 15) is 14.4 Å². The molecule has 10 heteroatoms. The van der Waals surface area contributed by atoms with Crippen molar-refractivity contribution in [3.63, 3.8) is 0 Å². The molecular weight excluding hydrogens is 402 g/mol. The van der Waals surface area contributed by atoms with Crippen molar-refractivity contribution in [1.82, 2.24) is 24.7 Å². The van der Waals surface area contributed by atoms with Crippen molar-refractivity contribution in [3.05, 3.63) is 21.8 Å². The number of hydrogen-bond acceptors (Lipinski definition) is 8. The Labute approximate surface area is 180 Å². The van der Waals surface area contributed by atoms with Crippen LogP contribution < -0.4 is 5.56 Å². The summed E-state index contributed by atoms with van der Waals surface area (Å²) < 4.78 is 11.2. The second kappa shape index (κ2) is 8.78. The van der Waals surface area contributed by atoms with Gasteiger partial charge in [0.25, 0.3) is 5.56 Å². The monoisotopic (exact) mass is 431 g/mol. The number of hydrogen-bond donors (Lipinski definition) is 0. The molecule has 2 aliphatic heterocycles. The van der Waals surface area contributed by atoms with Gasteiger partial charge in [0.1, 0.15) is 5.76 Å². The quantitative estimate of drug-likeness (QED) is 0.668. The molecule has 0 radical (unpaired) electrons. The lowest BCUT2D eigenvalue weighted by atomic mass is 9.93. The molecule has 2 aliphatic rings. The van der Waals surface area contributed by atoms with Gasteiger partial charge in [-0.1, -0.05) is 12.1 Å². The molecular formula is C21H29N5O5. The van der Waals surface area contributed by atoms with E-state index in [1.807, 2.05) is 4.90 Å². The third kappa shape index (κ3) is 4.21. The summed E-state index contributed by atoms with van der Waals surface area (Å²) in [7, 11) is 1.26. The molecule has 0 spiro atoms. The molecule has 1 atom stereocenters. The van der Waals surface area contributed by atoms with Gasteiger partial charge < -0.3 is 14.2 Å². The van der Waals surface area contributed by atoms with E-state index in [4.69, 9.17) is 9.26 Å². The summed E-state index contributed by atoms with van der Waals surface area (Å²) in [5.41, 5.74) is -0.336. The van der Waals surface area contributed by atoms with Gasteiger partial charge in [-0.25, -0.2) is 9.48 Å². The largest absolute Gasteiger partial charge is 0.464 e. The van der Waals surface area contributed by atoms with Crippen molar-refractivity contribution in [2.75, 3.05) is 33.3 Å². The highest BCUT2D eigenvalue weighted by molar-refractivity contribution is 6.01. The average Bonchev–Trinajstić information content (AvgIpc) is 3.17. The first-order valence-electron chi connectivity index (χ1n) is 10.9. The Morgan fingerprint density at radius 2 is 1.94 bits per heavy atom. The van der Waals surface area contributed by atoms with Crippen LogP contribution >= 0.6 is 0 Å². The summed E-state index contributed by atoms with van der Waals surface area (Å²) in [5, 5.41) is 8.35.